The summed E-state index contributed by atoms with van der Waals surface area (Å²) in [4.78, 5) is 7.69. The highest BCUT2D eigenvalue weighted by molar-refractivity contribution is 7.00. The van der Waals surface area contributed by atoms with Gasteiger partial charge in [-0.3, -0.25) is 0 Å². The summed E-state index contributed by atoms with van der Waals surface area (Å²) < 4.78 is 0. The van der Waals surface area contributed by atoms with E-state index in [1.165, 1.54) is 72.0 Å². The second-order valence-electron chi connectivity index (χ2n) is 27.8. The Kier molecular flexibility index (Phi) is 15.1. The molecule has 0 fully saturated rings. The first-order valence-corrected chi connectivity index (χ1v) is 33.3. The fourth-order valence-corrected chi connectivity index (χ4v) is 15.0. The Morgan fingerprint density at radius 1 is 0.234 bits per heavy atom. The van der Waals surface area contributed by atoms with Crippen molar-refractivity contribution in [2.45, 2.75) is 77.0 Å². The van der Waals surface area contributed by atoms with Crippen LogP contribution in [-0.2, 0) is 21.7 Å². The normalized spacial score (nSPS) is 12.8. The molecule has 0 N–H and O–H groups in total. The minimum Gasteiger partial charge on any atom is -0.311 e. The largest absolute Gasteiger partial charge is 0.311 e. The maximum Gasteiger partial charge on any atom is 0.252 e. The zero-order valence-electron chi connectivity index (χ0n) is 55.1. The van der Waals surface area contributed by atoms with E-state index >= 15 is 0 Å². The smallest absolute Gasteiger partial charge is 0.252 e. The van der Waals surface area contributed by atoms with E-state index in [4.69, 9.17) is 0 Å². The highest BCUT2D eigenvalue weighted by Gasteiger charge is 2.46. The van der Waals surface area contributed by atoms with Crippen molar-refractivity contribution < 1.29 is 0 Å². The van der Waals surface area contributed by atoms with Gasteiger partial charge >= 0.3 is 0 Å². The second kappa shape index (κ2) is 23.8. The summed E-state index contributed by atoms with van der Waals surface area (Å²) in [6.07, 6.45) is 0. The van der Waals surface area contributed by atoms with E-state index < -0.39 is 0 Å². The van der Waals surface area contributed by atoms with Crippen molar-refractivity contribution in [1.82, 2.24) is 0 Å². The van der Waals surface area contributed by atoms with E-state index in [0.29, 0.717) is 0 Å². The molecule has 0 saturated heterocycles. The van der Waals surface area contributed by atoms with Crippen LogP contribution in [0.4, 0.5) is 51.2 Å². The van der Waals surface area contributed by atoms with Gasteiger partial charge in [0, 0.05) is 67.2 Å². The minimum atomic E-state index is -0.322. The molecule has 0 saturated carbocycles. The summed E-state index contributed by atoms with van der Waals surface area (Å²) in [6, 6.07) is 123. The van der Waals surface area contributed by atoms with Gasteiger partial charge in [0.1, 0.15) is 0 Å². The van der Waals surface area contributed by atoms with Crippen molar-refractivity contribution in [2.75, 3.05) is 14.7 Å². The van der Waals surface area contributed by atoms with Crippen LogP contribution in [0, 0.1) is 0 Å². The molecule has 0 spiro atoms. The molecule has 2 heterocycles. The van der Waals surface area contributed by atoms with Crippen LogP contribution in [0.25, 0.3) is 22.3 Å². The van der Waals surface area contributed by atoms with Gasteiger partial charge in [0.2, 0.25) is 0 Å². The van der Waals surface area contributed by atoms with E-state index in [0.717, 1.165) is 62.3 Å². The SMILES string of the molecule is CC(C)(c1ccccc1)c1ccc(N2c3ccc(C(C)(C)c4ccccc4)cc3B3c4cc(C(C)(C)c5ccccc5)ccc4N(c4ccc(C(C)(C)c5ccccc5)cc4)c4cc(N(c5cccc(-c6ccccc6)c5)c5cccc(-c6ccccc6)c5)cc2c43)cc1. The van der Waals surface area contributed by atoms with Crippen LogP contribution in [-0.4, -0.2) is 6.71 Å². The van der Waals surface area contributed by atoms with Gasteiger partial charge in [-0.15, -0.1) is 0 Å². The molecule has 15 rings (SSSR count). The zero-order valence-corrected chi connectivity index (χ0v) is 55.1. The molecule has 0 unspecified atom stereocenters. The number of fused-ring (bicyclic) bond motifs is 4. The Balaban J connectivity index is 1.04. The van der Waals surface area contributed by atoms with Gasteiger partial charge in [0.05, 0.1) is 5.69 Å². The minimum absolute atomic E-state index is 0.182. The first-order chi connectivity index (χ1) is 45.6. The van der Waals surface area contributed by atoms with E-state index in [1.54, 1.807) is 0 Å². The predicted molar refractivity (Wildman–Crippen MR) is 400 cm³/mol. The molecule has 2 aliphatic heterocycles. The summed E-state index contributed by atoms with van der Waals surface area (Å²) in [5.41, 5.74) is 27.4. The number of hydrogen-bond acceptors (Lipinski definition) is 3. The molecule has 3 nitrogen and oxygen atoms in total. The number of rotatable bonds is 15. The highest BCUT2D eigenvalue weighted by atomic mass is 15.2. The van der Waals surface area contributed by atoms with Gasteiger partial charge in [0.25, 0.3) is 6.71 Å². The van der Waals surface area contributed by atoms with Crippen molar-refractivity contribution in [3.63, 3.8) is 0 Å². The third kappa shape index (κ3) is 10.5. The highest BCUT2D eigenvalue weighted by Crippen LogP contribution is 2.51. The molecule has 0 bridgehead atoms. The van der Waals surface area contributed by atoms with Crippen LogP contribution >= 0.6 is 0 Å². The van der Waals surface area contributed by atoms with Crippen molar-refractivity contribution in [2.24, 2.45) is 0 Å². The Bertz CT molecular complexity index is 4560. The predicted octanol–water partition coefficient (Wildman–Crippen LogP) is 21.9. The van der Waals surface area contributed by atoms with Crippen LogP contribution in [0.15, 0.2) is 328 Å². The lowest BCUT2D eigenvalue weighted by atomic mass is 9.33. The van der Waals surface area contributed by atoms with Crippen LogP contribution in [0.3, 0.4) is 0 Å². The van der Waals surface area contributed by atoms with Gasteiger partial charge in [-0.25, -0.2) is 0 Å². The third-order valence-electron chi connectivity index (χ3n) is 20.9. The third-order valence-corrected chi connectivity index (χ3v) is 20.9. The first kappa shape index (κ1) is 59.6. The lowest BCUT2D eigenvalue weighted by Gasteiger charge is -2.46. The number of hydrogen-bond donors (Lipinski definition) is 0. The summed E-state index contributed by atoms with van der Waals surface area (Å²) in [5, 5.41) is 0. The van der Waals surface area contributed by atoms with Crippen LogP contribution in [0.2, 0.25) is 0 Å². The van der Waals surface area contributed by atoms with Crippen molar-refractivity contribution in [1.29, 1.82) is 0 Å². The van der Waals surface area contributed by atoms with Gasteiger partial charge < -0.3 is 14.7 Å². The zero-order chi connectivity index (χ0) is 64.3. The van der Waals surface area contributed by atoms with Gasteiger partial charge in [-0.1, -0.05) is 310 Å². The second-order valence-corrected chi connectivity index (χ2v) is 27.8. The van der Waals surface area contributed by atoms with Gasteiger partial charge in [-0.2, -0.15) is 0 Å². The maximum atomic E-state index is 2.60. The standard InChI is InChI=1S/C90H78BN3/c1-87(2,67-35-19-11-20-36-67)71-45-51-75(52-46-71)93-82-55-49-73(89(5,6)69-39-23-13-24-40-69)59-80(82)91-81-60-74(90(7,8)70-41-25-14-26-42-70)50-56-83(81)94(76-53-47-72(48-54-76)88(3,4)68-37-21-12-22-38-68)85-62-79(61-84(93)86(85)91)92(77-43-27-33-65(57-77)63-29-15-9-16-30-63)78-44-28-34-66(58-78)64-31-17-10-18-32-64/h9-62H,1-8H3. The molecular formula is C90H78BN3. The van der Waals surface area contributed by atoms with Gasteiger partial charge in [0.15, 0.2) is 0 Å². The van der Waals surface area contributed by atoms with Crippen molar-refractivity contribution >= 4 is 74.3 Å². The first-order valence-electron chi connectivity index (χ1n) is 33.3. The summed E-state index contributed by atoms with van der Waals surface area (Å²) >= 11 is 0. The molecule has 0 aromatic heterocycles. The van der Waals surface area contributed by atoms with Crippen LogP contribution in [0.1, 0.15) is 99.9 Å². The van der Waals surface area contributed by atoms with Crippen molar-refractivity contribution in [3.05, 3.63) is 372 Å². The lowest BCUT2D eigenvalue weighted by Crippen LogP contribution is -2.61. The van der Waals surface area contributed by atoms with Crippen molar-refractivity contribution in [3.8, 4) is 22.3 Å². The summed E-state index contributed by atoms with van der Waals surface area (Å²) in [7, 11) is 0. The quantitative estimate of drug-likeness (QED) is 0.0947. The molecule has 0 atom stereocenters. The van der Waals surface area contributed by atoms with E-state index in [-0.39, 0.29) is 28.4 Å². The average Bonchev–Trinajstić information content (AvgIpc) is 0.694. The van der Waals surface area contributed by atoms with E-state index in [9.17, 15) is 0 Å². The average molecular weight is 1210 g/mol. The molecule has 2 aliphatic rings. The fraction of sp³-hybridized carbons (Fsp3) is 0.133. The number of nitrogens with zero attached hydrogens (tertiary/aromatic N) is 3. The monoisotopic (exact) mass is 1210 g/mol. The number of benzene rings is 13. The summed E-state index contributed by atoms with van der Waals surface area (Å²) in [6.45, 7) is 18.7. The topological polar surface area (TPSA) is 9.72 Å². The Morgan fingerprint density at radius 2 is 0.521 bits per heavy atom. The maximum absolute atomic E-state index is 2.60. The molecule has 0 aliphatic carbocycles. The van der Waals surface area contributed by atoms with E-state index in [1.807, 2.05) is 0 Å². The molecular weight excluding hydrogens is 1130 g/mol. The molecule has 456 valence electrons. The van der Waals surface area contributed by atoms with Crippen LogP contribution in [0.5, 0.6) is 0 Å². The molecule has 13 aromatic rings. The molecule has 4 heteroatoms. The molecule has 13 aromatic carbocycles. The Hall–Kier alpha value is -10.7. The molecule has 0 amide bonds. The fourth-order valence-electron chi connectivity index (χ4n) is 15.0. The Labute approximate surface area is 557 Å². The van der Waals surface area contributed by atoms with Crippen LogP contribution < -0.4 is 31.1 Å². The lowest BCUT2D eigenvalue weighted by molar-refractivity contribution is 0.641. The summed E-state index contributed by atoms with van der Waals surface area (Å²) in [5.74, 6) is 0. The van der Waals surface area contributed by atoms with E-state index in [2.05, 4.69) is 398 Å². The Morgan fingerprint density at radius 3 is 0.862 bits per heavy atom. The number of anilines is 9. The van der Waals surface area contributed by atoms with Gasteiger partial charge in [-0.05, 0) is 156 Å². The molecule has 94 heavy (non-hydrogen) atoms. The molecule has 0 radical (unpaired) electrons.